The van der Waals surface area contributed by atoms with Crippen molar-refractivity contribution in [3.8, 4) is 11.1 Å². The molecule has 0 N–H and O–H groups in total. The van der Waals surface area contributed by atoms with E-state index in [1.165, 1.54) is 75.3 Å². The lowest BCUT2D eigenvalue weighted by Crippen LogP contribution is -2.15. The summed E-state index contributed by atoms with van der Waals surface area (Å²) in [5.74, 6) is 2.87. The second-order valence-electron chi connectivity index (χ2n) is 8.38. The van der Waals surface area contributed by atoms with E-state index in [1.807, 2.05) is 12.4 Å². The second kappa shape index (κ2) is 10.6. The van der Waals surface area contributed by atoms with E-state index in [0.29, 0.717) is 0 Å². The van der Waals surface area contributed by atoms with Crippen LogP contribution in [0.4, 0.5) is 0 Å². The number of aryl methyl sites for hydroxylation is 2. The molecular weight excluding hydrogens is 328 g/mol. The Bertz CT molecular complexity index is 652. The fourth-order valence-corrected chi connectivity index (χ4v) is 4.34. The van der Waals surface area contributed by atoms with Crippen molar-refractivity contribution in [3.05, 3.63) is 48.0 Å². The topological polar surface area (TPSA) is 25.8 Å². The molecule has 0 spiro atoms. The number of hydrogen-bond donors (Lipinski definition) is 0. The van der Waals surface area contributed by atoms with Crippen molar-refractivity contribution in [2.24, 2.45) is 11.8 Å². The highest BCUT2D eigenvalue weighted by Crippen LogP contribution is 2.32. The summed E-state index contributed by atoms with van der Waals surface area (Å²) in [5.41, 5.74) is 3.78. The molecule has 2 heteroatoms. The molecule has 1 fully saturated rings. The first-order chi connectivity index (χ1) is 13.3. The molecule has 2 nitrogen and oxygen atoms in total. The molecule has 3 rings (SSSR count). The van der Waals surface area contributed by atoms with Crippen LogP contribution >= 0.6 is 0 Å². The first-order valence-electron chi connectivity index (χ1n) is 11.2. The molecule has 0 saturated heterocycles. The van der Waals surface area contributed by atoms with Gasteiger partial charge in [0.25, 0.3) is 0 Å². The lowest BCUT2D eigenvalue weighted by molar-refractivity contribution is 0.258. The lowest BCUT2D eigenvalue weighted by atomic mass is 9.79. The van der Waals surface area contributed by atoms with E-state index in [-0.39, 0.29) is 0 Å². The molecule has 0 aliphatic heterocycles. The zero-order chi connectivity index (χ0) is 18.9. The third-order valence-corrected chi connectivity index (χ3v) is 6.38. The van der Waals surface area contributed by atoms with Crippen LogP contribution in [0.1, 0.15) is 83.0 Å². The van der Waals surface area contributed by atoms with E-state index in [9.17, 15) is 0 Å². The molecule has 146 valence electrons. The number of nitrogens with zero attached hydrogens (tertiary/aromatic N) is 2. The van der Waals surface area contributed by atoms with Crippen molar-refractivity contribution in [1.29, 1.82) is 0 Å². The summed E-state index contributed by atoms with van der Waals surface area (Å²) < 4.78 is 0. The van der Waals surface area contributed by atoms with Gasteiger partial charge in [-0.15, -0.1) is 0 Å². The average molecular weight is 365 g/mol. The van der Waals surface area contributed by atoms with Crippen LogP contribution in [0.25, 0.3) is 11.1 Å². The number of rotatable bonds is 9. The maximum atomic E-state index is 4.64. The summed E-state index contributed by atoms with van der Waals surface area (Å²) in [6.45, 7) is 4.59. The van der Waals surface area contributed by atoms with Gasteiger partial charge in [-0.2, -0.15) is 0 Å². The van der Waals surface area contributed by atoms with E-state index in [2.05, 4.69) is 48.1 Å². The SMILES string of the molecule is CCCCCc1ccc(-c2cnc(CC[C@H]3CC[C@H](CC)CC3)nc2)cc1. The molecule has 1 aliphatic rings. The highest BCUT2D eigenvalue weighted by Gasteiger charge is 2.19. The second-order valence-corrected chi connectivity index (χ2v) is 8.38. The Morgan fingerprint density at radius 1 is 0.778 bits per heavy atom. The Labute approximate surface area is 165 Å². The van der Waals surface area contributed by atoms with Gasteiger partial charge in [-0.05, 0) is 42.2 Å². The minimum Gasteiger partial charge on any atom is -0.241 e. The summed E-state index contributed by atoms with van der Waals surface area (Å²) in [5, 5.41) is 0. The minimum absolute atomic E-state index is 0.885. The van der Waals surface area contributed by atoms with Gasteiger partial charge >= 0.3 is 0 Å². The number of aromatic nitrogens is 2. The van der Waals surface area contributed by atoms with Gasteiger partial charge in [0.2, 0.25) is 0 Å². The van der Waals surface area contributed by atoms with Crippen molar-refractivity contribution >= 4 is 0 Å². The zero-order valence-corrected chi connectivity index (χ0v) is 17.3. The van der Waals surface area contributed by atoms with Crippen molar-refractivity contribution < 1.29 is 0 Å². The Morgan fingerprint density at radius 3 is 2.07 bits per heavy atom. The van der Waals surface area contributed by atoms with Gasteiger partial charge in [-0.25, -0.2) is 9.97 Å². The zero-order valence-electron chi connectivity index (χ0n) is 17.3. The van der Waals surface area contributed by atoms with Crippen LogP contribution in [0.3, 0.4) is 0 Å². The van der Waals surface area contributed by atoms with Gasteiger partial charge in [0, 0.05) is 24.4 Å². The van der Waals surface area contributed by atoms with Crippen LogP contribution in [0, 0.1) is 11.8 Å². The molecule has 1 aromatic carbocycles. The van der Waals surface area contributed by atoms with E-state index in [1.54, 1.807) is 0 Å². The number of benzene rings is 1. The van der Waals surface area contributed by atoms with Crippen molar-refractivity contribution in [1.82, 2.24) is 9.97 Å². The molecule has 2 aromatic rings. The molecule has 0 atom stereocenters. The van der Waals surface area contributed by atoms with Crippen LogP contribution in [0.15, 0.2) is 36.7 Å². The third-order valence-electron chi connectivity index (χ3n) is 6.38. The lowest BCUT2D eigenvalue weighted by Gasteiger charge is -2.27. The Hall–Kier alpha value is -1.70. The molecule has 0 unspecified atom stereocenters. The van der Waals surface area contributed by atoms with Gasteiger partial charge in [0.15, 0.2) is 0 Å². The van der Waals surface area contributed by atoms with Gasteiger partial charge in [-0.3, -0.25) is 0 Å². The highest BCUT2D eigenvalue weighted by molar-refractivity contribution is 5.61. The van der Waals surface area contributed by atoms with E-state index in [4.69, 9.17) is 0 Å². The quantitative estimate of drug-likeness (QED) is 0.446. The summed E-state index contributed by atoms with van der Waals surface area (Å²) in [6, 6.07) is 8.94. The number of unbranched alkanes of at least 4 members (excludes halogenated alkanes) is 2. The highest BCUT2D eigenvalue weighted by atomic mass is 14.9. The molecule has 0 radical (unpaired) electrons. The molecular formula is C25H36N2. The molecule has 0 amide bonds. The Kier molecular flexibility index (Phi) is 7.86. The van der Waals surface area contributed by atoms with Gasteiger partial charge < -0.3 is 0 Å². The van der Waals surface area contributed by atoms with Crippen molar-refractivity contribution in [2.45, 2.75) is 84.5 Å². The van der Waals surface area contributed by atoms with Crippen molar-refractivity contribution in [3.63, 3.8) is 0 Å². The fourth-order valence-electron chi connectivity index (χ4n) is 4.34. The van der Waals surface area contributed by atoms with Gasteiger partial charge in [0.05, 0.1) is 0 Å². The van der Waals surface area contributed by atoms with Crippen LogP contribution in [-0.4, -0.2) is 9.97 Å². The van der Waals surface area contributed by atoms with Crippen LogP contribution in [0.2, 0.25) is 0 Å². The minimum atomic E-state index is 0.885. The van der Waals surface area contributed by atoms with Gasteiger partial charge in [0.1, 0.15) is 5.82 Å². The third kappa shape index (κ3) is 6.16. The number of hydrogen-bond acceptors (Lipinski definition) is 2. The summed E-state index contributed by atoms with van der Waals surface area (Å²) in [4.78, 5) is 9.29. The maximum Gasteiger partial charge on any atom is 0.128 e. The standard InChI is InChI=1S/C25H36N2/c1-3-5-6-7-21-12-15-23(16-13-21)24-18-26-25(27-19-24)17-14-22-10-8-20(4-2)9-11-22/h12-13,15-16,18-20,22H,3-11,14,17H2,1-2H3/t20-,22-. The molecule has 1 aromatic heterocycles. The van der Waals surface area contributed by atoms with E-state index in [0.717, 1.165) is 29.6 Å². The molecule has 27 heavy (non-hydrogen) atoms. The van der Waals surface area contributed by atoms with Crippen LogP contribution in [-0.2, 0) is 12.8 Å². The smallest absolute Gasteiger partial charge is 0.128 e. The average Bonchev–Trinajstić information content (AvgIpc) is 2.74. The van der Waals surface area contributed by atoms with E-state index >= 15 is 0 Å². The van der Waals surface area contributed by atoms with Gasteiger partial charge in [-0.1, -0.05) is 83.1 Å². The van der Waals surface area contributed by atoms with E-state index < -0.39 is 0 Å². The molecule has 1 aliphatic carbocycles. The molecule has 0 bridgehead atoms. The first-order valence-corrected chi connectivity index (χ1v) is 11.2. The first kappa shape index (κ1) is 20.0. The molecule has 1 saturated carbocycles. The van der Waals surface area contributed by atoms with Crippen LogP contribution < -0.4 is 0 Å². The summed E-state index contributed by atoms with van der Waals surface area (Å²) in [6.07, 6.45) is 18.4. The normalized spacial score (nSPS) is 19.9. The fraction of sp³-hybridized carbons (Fsp3) is 0.600. The maximum absolute atomic E-state index is 4.64. The summed E-state index contributed by atoms with van der Waals surface area (Å²) in [7, 11) is 0. The molecule has 1 heterocycles. The largest absolute Gasteiger partial charge is 0.241 e. The predicted molar refractivity (Wildman–Crippen MR) is 115 cm³/mol. The Balaban J connectivity index is 1.48. The predicted octanol–water partition coefficient (Wildman–Crippen LogP) is 7.03. The summed E-state index contributed by atoms with van der Waals surface area (Å²) >= 11 is 0. The monoisotopic (exact) mass is 364 g/mol. The van der Waals surface area contributed by atoms with Crippen molar-refractivity contribution in [2.75, 3.05) is 0 Å². The van der Waals surface area contributed by atoms with Crippen LogP contribution in [0.5, 0.6) is 0 Å². The Morgan fingerprint density at radius 2 is 1.44 bits per heavy atom.